The first-order valence-corrected chi connectivity index (χ1v) is 8.02. The molecule has 0 aliphatic rings. The molecular formula is C13H22N2O2S. The molecule has 0 amide bonds. The van der Waals surface area contributed by atoms with Crippen LogP contribution in [0.4, 0.5) is 5.69 Å². The zero-order valence-electron chi connectivity index (χ0n) is 10.9. The number of unbranched alkanes of at least 4 members (excludes halogenated alkanes) is 1. The Balaban J connectivity index is 2.57. The van der Waals surface area contributed by atoms with E-state index in [-0.39, 0.29) is 5.75 Å². The average molecular weight is 270 g/mol. The molecule has 0 atom stereocenters. The topological polar surface area (TPSA) is 72.2 Å². The lowest BCUT2D eigenvalue weighted by molar-refractivity contribution is 0.595. The predicted octanol–water partition coefficient (Wildman–Crippen LogP) is 2.02. The van der Waals surface area contributed by atoms with E-state index in [1.165, 1.54) is 0 Å². The van der Waals surface area contributed by atoms with Gasteiger partial charge in [-0.05, 0) is 50.1 Å². The van der Waals surface area contributed by atoms with Gasteiger partial charge in [0.2, 0.25) is 0 Å². The fourth-order valence-corrected chi connectivity index (χ4v) is 2.99. The molecule has 5 heteroatoms. The molecule has 0 unspecified atom stereocenters. The van der Waals surface area contributed by atoms with Gasteiger partial charge < -0.3 is 11.1 Å². The zero-order chi connectivity index (χ0) is 13.4. The SMILES string of the molecule is CCCS(=O)(=O)c1ccc(NCCCCN)cc1. The number of benzene rings is 1. The van der Waals surface area contributed by atoms with Crippen LogP contribution in [0.3, 0.4) is 0 Å². The Labute approximate surface area is 110 Å². The van der Waals surface area contributed by atoms with Gasteiger partial charge in [-0.2, -0.15) is 0 Å². The second-order valence-corrected chi connectivity index (χ2v) is 6.37. The van der Waals surface area contributed by atoms with E-state index in [4.69, 9.17) is 5.73 Å². The molecule has 1 aromatic carbocycles. The first kappa shape index (κ1) is 15.0. The number of hydrogen-bond donors (Lipinski definition) is 2. The Kier molecular flexibility index (Phi) is 6.15. The van der Waals surface area contributed by atoms with Gasteiger partial charge in [0.05, 0.1) is 10.6 Å². The summed E-state index contributed by atoms with van der Waals surface area (Å²) in [6.07, 6.45) is 2.66. The van der Waals surface area contributed by atoms with Crippen LogP contribution in [-0.2, 0) is 9.84 Å². The number of rotatable bonds is 8. The van der Waals surface area contributed by atoms with Crippen molar-refractivity contribution in [2.24, 2.45) is 5.73 Å². The fourth-order valence-electron chi connectivity index (χ4n) is 1.67. The third-order valence-electron chi connectivity index (χ3n) is 2.65. The number of nitrogens with one attached hydrogen (secondary N) is 1. The van der Waals surface area contributed by atoms with Crippen molar-refractivity contribution in [3.63, 3.8) is 0 Å². The zero-order valence-corrected chi connectivity index (χ0v) is 11.7. The maximum atomic E-state index is 11.8. The van der Waals surface area contributed by atoms with E-state index in [0.29, 0.717) is 17.9 Å². The Morgan fingerprint density at radius 1 is 1.17 bits per heavy atom. The lowest BCUT2D eigenvalue weighted by Crippen LogP contribution is -2.07. The normalized spacial score (nSPS) is 11.4. The van der Waals surface area contributed by atoms with Gasteiger partial charge in [0.1, 0.15) is 0 Å². The van der Waals surface area contributed by atoms with Crippen molar-refractivity contribution >= 4 is 15.5 Å². The van der Waals surface area contributed by atoms with Crippen molar-refractivity contribution in [1.29, 1.82) is 0 Å². The molecule has 0 saturated carbocycles. The molecule has 18 heavy (non-hydrogen) atoms. The second-order valence-electron chi connectivity index (χ2n) is 4.27. The summed E-state index contributed by atoms with van der Waals surface area (Å²) in [7, 11) is -3.10. The van der Waals surface area contributed by atoms with E-state index in [1.807, 2.05) is 19.1 Å². The second kappa shape index (κ2) is 7.38. The van der Waals surface area contributed by atoms with E-state index >= 15 is 0 Å². The molecule has 0 bridgehead atoms. The Morgan fingerprint density at radius 3 is 2.39 bits per heavy atom. The highest BCUT2D eigenvalue weighted by molar-refractivity contribution is 7.91. The minimum Gasteiger partial charge on any atom is -0.385 e. The fraction of sp³-hybridized carbons (Fsp3) is 0.538. The highest BCUT2D eigenvalue weighted by Crippen LogP contribution is 2.16. The highest BCUT2D eigenvalue weighted by Gasteiger charge is 2.12. The molecule has 1 aromatic rings. The number of hydrogen-bond acceptors (Lipinski definition) is 4. The summed E-state index contributed by atoms with van der Waals surface area (Å²) in [5, 5.41) is 3.24. The van der Waals surface area contributed by atoms with Crippen molar-refractivity contribution in [1.82, 2.24) is 0 Å². The molecule has 1 rings (SSSR count). The van der Waals surface area contributed by atoms with E-state index < -0.39 is 9.84 Å². The van der Waals surface area contributed by atoms with Gasteiger partial charge in [0, 0.05) is 12.2 Å². The maximum Gasteiger partial charge on any atom is 0.178 e. The van der Waals surface area contributed by atoms with E-state index in [9.17, 15) is 8.42 Å². The van der Waals surface area contributed by atoms with Crippen LogP contribution in [0.1, 0.15) is 26.2 Å². The largest absolute Gasteiger partial charge is 0.385 e. The molecule has 0 saturated heterocycles. The summed E-state index contributed by atoms with van der Waals surface area (Å²) in [5.41, 5.74) is 6.36. The molecule has 4 nitrogen and oxygen atoms in total. The maximum absolute atomic E-state index is 11.8. The van der Waals surface area contributed by atoms with Crippen LogP contribution < -0.4 is 11.1 Å². The first-order chi connectivity index (χ1) is 8.60. The van der Waals surface area contributed by atoms with E-state index in [1.54, 1.807) is 12.1 Å². The molecular weight excluding hydrogens is 248 g/mol. The first-order valence-electron chi connectivity index (χ1n) is 6.37. The minimum absolute atomic E-state index is 0.205. The molecule has 0 spiro atoms. The van der Waals surface area contributed by atoms with Gasteiger partial charge >= 0.3 is 0 Å². The van der Waals surface area contributed by atoms with Crippen molar-refractivity contribution in [2.75, 3.05) is 24.2 Å². The summed E-state index contributed by atoms with van der Waals surface area (Å²) in [5.74, 6) is 0.205. The van der Waals surface area contributed by atoms with Gasteiger partial charge in [0.15, 0.2) is 9.84 Å². The van der Waals surface area contributed by atoms with Gasteiger partial charge in [-0.15, -0.1) is 0 Å². The van der Waals surface area contributed by atoms with Gasteiger partial charge in [-0.25, -0.2) is 8.42 Å². The van der Waals surface area contributed by atoms with Crippen molar-refractivity contribution in [3.8, 4) is 0 Å². The van der Waals surface area contributed by atoms with E-state index in [0.717, 1.165) is 25.1 Å². The van der Waals surface area contributed by atoms with Crippen molar-refractivity contribution in [3.05, 3.63) is 24.3 Å². The molecule has 102 valence electrons. The molecule has 0 aliphatic heterocycles. The van der Waals surface area contributed by atoms with Crippen LogP contribution in [0, 0.1) is 0 Å². The summed E-state index contributed by atoms with van der Waals surface area (Å²) < 4.78 is 23.6. The Morgan fingerprint density at radius 2 is 1.83 bits per heavy atom. The summed E-state index contributed by atoms with van der Waals surface area (Å²) in [6, 6.07) is 6.95. The monoisotopic (exact) mass is 270 g/mol. The van der Waals surface area contributed by atoms with E-state index in [2.05, 4.69) is 5.32 Å². The number of anilines is 1. The molecule has 3 N–H and O–H groups in total. The van der Waals surface area contributed by atoms with Crippen molar-refractivity contribution < 1.29 is 8.42 Å². The molecule has 0 fully saturated rings. The van der Waals surface area contributed by atoms with Crippen molar-refractivity contribution in [2.45, 2.75) is 31.1 Å². The quantitative estimate of drug-likeness (QED) is 0.709. The lowest BCUT2D eigenvalue weighted by Gasteiger charge is -2.07. The number of sulfone groups is 1. The van der Waals surface area contributed by atoms with Gasteiger partial charge in [-0.3, -0.25) is 0 Å². The van der Waals surface area contributed by atoms with Crippen LogP contribution in [0.5, 0.6) is 0 Å². The molecule has 0 aliphatic carbocycles. The van der Waals surface area contributed by atoms with Crippen LogP contribution in [0.25, 0.3) is 0 Å². The highest BCUT2D eigenvalue weighted by atomic mass is 32.2. The molecule has 0 heterocycles. The third kappa shape index (κ3) is 4.66. The van der Waals surface area contributed by atoms with Gasteiger partial charge in [0.25, 0.3) is 0 Å². The lowest BCUT2D eigenvalue weighted by atomic mass is 10.3. The summed E-state index contributed by atoms with van der Waals surface area (Å²) >= 11 is 0. The minimum atomic E-state index is -3.10. The van der Waals surface area contributed by atoms with Crippen LogP contribution in [-0.4, -0.2) is 27.3 Å². The van der Waals surface area contributed by atoms with Crippen LogP contribution in [0.2, 0.25) is 0 Å². The smallest absolute Gasteiger partial charge is 0.178 e. The average Bonchev–Trinajstić information content (AvgIpc) is 2.35. The Bertz CT molecular complexity index is 441. The number of nitrogens with two attached hydrogens (primary N) is 1. The van der Waals surface area contributed by atoms with Crippen LogP contribution >= 0.6 is 0 Å². The Hall–Kier alpha value is -1.07. The third-order valence-corrected chi connectivity index (χ3v) is 4.58. The molecule has 0 radical (unpaired) electrons. The molecule has 0 aromatic heterocycles. The van der Waals surface area contributed by atoms with Crippen LogP contribution in [0.15, 0.2) is 29.2 Å². The summed E-state index contributed by atoms with van der Waals surface area (Å²) in [6.45, 7) is 3.43. The predicted molar refractivity (Wildman–Crippen MR) is 75.6 cm³/mol. The standard InChI is InChI=1S/C13H22N2O2S/c1-2-11-18(16,17)13-7-5-12(6-8-13)15-10-4-3-9-14/h5-8,15H,2-4,9-11,14H2,1H3. The summed E-state index contributed by atoms with van der Waals surface area (Å²) in [4.78, 5) is 0.400. The van der Waals surface area contributed by atoms with Gasteiger partial charge in [-0.1, -0.05) is 6.92 Å².